The van der Waals surface area contributed by atoms with Crippen molar-refractivity contribution in [3.8, 4) is 0 Å². The van der Waals surface area contributed by atoms with Gasteiger partial charge < -0.3 is 0 Å². The van der Waals surface area contributed by atoms with Gasteiger partial charge in [-0.2, -0.15) is 0 Å². The monoisotopic (exact) mass is 330 g/mol. The summed E-state index contributed by atoms with van der Waals surface area (Å²) in [5.74, 6) is -0.147. The molecule has 1 aromatic carbocycles. The normalized spacial score (nSPS) is 12.3. The maximum absolute atomic E-state index is 12.9. The van der Waals surface area contributed by atoms with Gasteiger partial charge in [-0.1, -0.05) is 35.9 Å². The summed E-state index contributed by atoms with van der Waals surface area (Å²) < 4.78 is 2.56. The number of hydrogen-bond donors (Lipinski definition) is 0. The number of carbonyl (C=O) groups excluding carboxylic acids is 1. The smallest absolute Gasteiger partial charge is 0.267 e. The van der Waals surface area contributed by atoms with Crippen LogP contribution in [0, 0.1) is 0 Å². The van der Waals surface area contributed by atoms with Crippen molar-refractivity contribution in [2.75, 3.05) is 0 Å². The van der Waals surface area contributed by atoms with Crippen molar-refractivity contribution in [3.05, 3.63) is 64.0 Å². The minimum atomic E-state index is -0.147. The fourth-order valence-corrected chi connectivity index (χ4v) is 3.69. The maximum atomic E-state index is 12.9. The van der Waals surface area contributed by atoms with E-state index in [4.69, 9.17) is 11.6 Å². The Morgan fingerprint density at radius 2 is 1.91 bits per heavy atom. The number of aromatic nitrogens is 1. The number of fused-ring (bicyclic) bond motifs is 1. The second-order valence-electron chi connectivity index (χ2n) is 5.20. The van der Waals surface area contributed by atoms with Gasteiger partial charge in [-0.05, 0) is 32.0 Å². The predicted molar refractivity (Wildman–Crippen MR) is 91.7 cm³/mol. The van der Waals surface area contributed by atoms with Crippen molar-refractivity contribution >= 4 is 38.9 Å². The van der Waals surface area contributed by atoms with Crippen molar-refractivity contribution in [1.82, 2.24) is 4.57 Å². The van der Waals surface area contributed by atoms with Crippen LogP contribution in [-0.4, -0.2) is 16.5 Å². The number of pyridine rings is 1. The van der Waals surface area contributed by atoms with Gasteiger partial charge in [0.25, 0.3) is 5.91 Å². The van der Waals surface area contributed by atoms with Gasteiger partial charge in [0.15, 0.2) is 0 Å². The number of hydrogen-bond acceptors (Lipinski definition) is 3. The van der Waals surface area contributed by atoms with E-state index in [1.54, 1.807) is 10.8 Å². The third-order valence-corrected chi connectivity index (χ3v) is 4.84. The summed E-state index contributed by atoms with van der Waals surface area (Å²) in [6.45, 7) is 3.96. The highest BCUT2D eigenvalue weighted by atomic mass is 35.5. The molecule has 0 atom stereocenters. The lowest BCUT2D eigenvalue weighted by Gasteiger charge is -2.06. The fraction of sp³-hybridized carbons (Fsp3) is 0.176. The van der Waals surface area contributed by atoms with Crippen LogP contribution in [0.5, 0.6) is 0 Å². The van der Waals surface area contributed by atoms with E-state index in [1.165, 1.54) is 11.3 Å². The number of benzene rings is 1. The van der Waals surface area contributed by atoms with Gasteiger partial charge in [-0.25, -0.2) is 0 Å². The second kappa shape index (κ2) is 6.07. The first-order valence-electron chi connectivity index (χ1n) is 7.01. The molecule has 2 aromatic heterocycles. The minimum absolute atomic E-state index is 0.110. The minimum Gasteiger partial charge on any atom is -0.267 e. The molecule has 0 fully saturated rings. The molecule has 22 heavy (non-hydrogen) atoms. The number of thiophene rings is 1. The number of halogens is 1. The van der Waals surface area contributed by atoms with Crippen LogP contribution in [0.4, 0.5) is 0 Å². The number of carbonyl (C=O) groups is 1. The second-order valence-corrected chi connectivity index (χ2v) is 6.63. The molecule has 0 saturated heterocycles. The van der Waals surface area contributed by atoms with Crippen molar-refractivity contribution in [2.45, 2.75) is 19.9 Å². The van der Waals surface area contributed by atoms with E-state index >= 15 is 0 Å². The van der Waals surface area contributed by atoms with Gasteiger partial charge in [-0.3, -0.25) is 14.4 Å². The van der Waals surface area contributed by atoms with E-state index in [0.29, 0.717) is 15.4 Å². The van der Waals surface area contributed by atoms with Crippen molar-refractivity contribution in [1.29, 1.82) is 0 Å². The van der Waals surface area contributed by atoms with Crippen LogP contribution in [-0.2, 0) is 0 Å². The SMILES string of the molecule is CC(C)N=c1ccccn1C(=O)c1sc2ccccc2c1Cl. The highest BCUT2D eigenvalue weighted by Crippen LogP contribution is 2.35. The van der Waals surface area contributed by atoms with Gasteiger partial charge in [0, 0.05) is 22.3 Å². The quantitative estimate of drug-likeness (QED) is 0.687. The van der Waals surface area contributed by atoms with Crippen molar-refractivity contribution in [2.24, 2.45) is 4.99 Å². The van der Waals surface area contributed by atoms with Gasteiger partial charge >= 0.3 is 0 Å². The summed E-state index contributed by atoms with van der Waals surface area (Å²) in [6, 6.07) is 13.4. The summed E-state index contributed by atoms with van der Waals surface area (Å²) >= 11 is 7.82. The lowest BCUT2D eigenvalue weighted by Crippen LogP contribution is -2.27. The summed E-state index contributed by atoms with van der Waals surface area (Å²) in [4.78, 5) is 17.9. The molecule has 0 spiro atoms. The first-order chi connectivity index (χ1) is 10.6. The fourth-order valence-electron chi connectivity index (χ4n) is 2.24. The lowest BCUT2D eigenvalue weighted by molar-refractivity contribution is 0.0959. The molecule has 112 valence electrons. The third-order valence-electron chi connectivity index (χ3n) is 3.18. The van der Waals surface area contributed by atoms with Crippen LogP contribution in [0.15, 0.2) is 53.7 Å². The average Bonchev–Trinajstić information content (AvgIpc) is 2.84. The molecular weight excluding hydrogens is 316 g/mol. The molecule has 3 rings (SSSR count). The zero-order valence-corrected chi connectivity index (χ0v) is 13.9. The Balaban J connectivity index is 2.17. The van der Waals surface area contributed by atoms with Crippen LogP contribution in [0.1, 0.15) is 23.5 Å². The maximum Gasteiger partial charge on any atom is 0.275 e. The molecule has 0 radical (unpaired) electrons. The van der Waals surface area contributed by atoms with Crippen LogP contribution >= 0.6 is 22.9 Å². The lowest BCUT2D eigenvalue weighted by atomic mass is 10.2. The molecule has 0 saturated carbocycles. The number of rotatable bonds is 2. The Morgan fingerprint density at radius 1 is 1.18 bits per heavy atom. The van der Waals surface area contributed by atoms with Crippen LogP contribution in [0.3, 0.4) is 0 Å². The van der Waals surface area contributed by atoms with E-state index in [-0.39, 0.29) is 11.9 Å². The molecule has 0 unspecified atom stereocenters. The molecule has 0 aliphatic rings. The molecule has 2 heterocycles. The molecule has 0 aliphatic carbocycles. The molecular formula is C17H15ClN2OS. The third kappa shape index (κ3) is 2.72. The first kappa shape index (κ1) is 15.0. The summed E-state index contributed by atoms with van der Waals surface area (Å²) in [5, 5.41) is 1.42. The summed E-state index contributed by atoms with van der Waals surface area (Å²) in [7, 11) is 0. The van der Waals surface area contributed by atoms with Crippen LogP contribution < -0.4 is 5.49 Å². The van der Waals surface area contributed by atoms with E-state index in [1.807, 2.05) is 56.3 Å². The average molecular weight is 331 g/mol. The zero-order valence-electron chi connectivity index (χ0n) is 12.3. The molecule has 3 aromatic rings. The van der Waals surface area contributed by atoms with Crippen molar-refractivity contribution in [3.63, 3.8) is 0 Å². The van der Waals surface area contributed by atoms with Gasteiger partial charge in [0.2, 0.25) is 0 Å². The predicted octanol–water partition coefficient (Wildman–Crippen LogP) is 4.35. The Bertz CT molecular complexity index is 908. The molecule has 5 heteroatoms. The van der Waals surface area contributed by atoms with E-state index in [2.05, 4.69) is 4.99 Å². The largest absolute Gasteiger partial charge is 0.275 e. The Kier molecular flexibility index (Phi) is 4.14. The highest BCUT2D eigenvalue weighted by Gasteiger charge is 2.18. The summed E-state index contributed by atoms with van der Waals surface area (Å²) in [5.41, 5.74) is 0.635. The van der Waals surface area contributed by atoms with Gasteiger partial charge in [-0.15, -0.1) is 11.3 Å². The Morgan fingerprint density at radius 3 is 2.64 bits per heavy atom. The first-order valence-corrected chi connectivity index (χ1v) is 8.20. The standard InChI is InChI=1S/C17H15ClN2OS/c1-11(2)19-14-9-5-6-10-20(14)17(21)16-15(18)12-7-3-4-8-13(12)22-16/h3-11H,1-2H3. The van der Waals surface area contributed by atoms with E-state index in [9.17, 15) is 4.79 Å². The highest BCUT2D eigenvalue weighted by molar-refractivity contribution is 7.21. The molecule has 0 bridgehead atoms. The topological polar surface area (TPSA) is 34.4 Å². The van der Waals surface area contributed by atoms with E-state index in [0.717, 1.165) is 10.1 Å². The van der Waals surface area contributed by atoms with Gasteiger partial charge in [0.05, 0.1) is 5.02 Å². The summed E-state index contributed by atoms with van der Waals surface area (Å²) in [6.07, 6.45) is 1.73. The molecule has 3 nitrogen and oxygen atoms in total. The Labute approximate surface area is 137 Å². The van der Waals surface area contributed by atoms with Crippen molar-refractivity contribution < 1.29 is 4.79 Å². The van der Waals surface area contributed by atoms with E-state index < -0.39 is 0 Å². The zero-order chi connectivity index (χ0) is 15.7. The van der Waals surface area contributed by atoms with Crippen LogP contribution in [0.2, 0.25) is 5.02 Å². The van der Waals surface area contributed by atoms with Crippen LogP contribution in [0.25, 0.3) is 10.1 Å². The molecule has 0 amide bonds. The molecule has 0 N–H and O–H groups in total. The Hall–Kier alpha value is -1.91. The van der Waals surface area contributed by atoms with Gasteiger partial charge in [0.1, 0.15) is 10.4 Å². The number of nitrogens with zero attached hydrogens (tertiary/aromatic N) is 2. The molecule has 0 aliphatic heterocycles.